The van der Waals surface area contributed by atoms with Gasteiger partial charge in [0.05, 0.1) is 0 Å². The first kappa shape index (κ1) is 13.4. The fourth-order valence-electron chi connectivity index (χ4n) is 3.83. The lowest BCUT2D eigenvalue weighted by atomic mass is 9.97. The molecule has 3 atom stereocenters. The first-order chi connectivity index (χ1) is 8.22. The van der Waals surface area contributed by atoms with Gasteiger partial charge in [-0.1, -0.05) is 19.8 Å². The summed E-state index contributed by atoms with van der Waals surface area (Å²) in [7, 11) is 0. The number of hydrogen-bond donors (Lipinski definition) is 1. The Kier molecular flexibility index (Phi) is 4.87. The summed E-state index contributed by atoms with van der Waals surface area (Å²) in [5.41, 5.74) is 0. The van der Waals surface area contributed by atoms with E-state index in [2.05, 4.69) is 31.0 Å². The van der Waals surface area contributed by atoms with Gasteiger partial charge in [-0.25, -0.2) is 0 Å². The maximum Gasteiger partial charge on any atom is 0.0195 e. The summed E-state index contributed by atoms with van der Waals surface area (Å²) < 4.78 is 0. The maximum atomic E-state index is 3.66. The Balaban J connectivity index is 1.95. The van der Waals surface area contributed by atoms with Crippen molar-refractivity contribution in [3.8, 4) is 0 Å². The molecule has 0 aromatic rings. The quantitative estimate of drug-likeness (QED) is 0.792. The van der Waals surface area contributed by atoms with Crippen molar-refractivity contribution in [2.75, 3.05) is 13.1 Å². The van der Waals surface area contributed by atoms with Crippen LogP contribution in [0.1, 0.15) is 59.3 Å². The van der Waals surface area contributed by atoms with Crippen LogP contribution in [0.15, 0.2) is 0 Å². The van der Waals surface area contributed by atoms with Gasteiger partial charge in [-0.15, -0.1) is 0 Å². The lowest BCUT2D eigenvalue weighted by Gasteiger charge is -2.37. The Morgan fingerprint density at radius 2 is 2.00 bits per heavy atom. The molecule has 1 saturated carbocycles. The molecule has 1 aliphatic carbocycles. The molecule has 2 heteroatoms. The Morgan fingerprint density at radius 1 is 1.18 bits per heavy atom. The van der Waals surface area contributed by atoms with Crippen LogP contribution in [0.3, 0.4) is 0 Å². The summed E-state index contributed by atoms with van der Waals surface area (Å²) in [5.74, 6) is 0.957. The number of nitrogens with one attached hydrogen (secondary N) is 1. The Bertz CT molecular complexity index is 221. The summed E-state index contributed by atoms with van der Waals surface area (Å²) in [5, 5.41) is 3.66. The van der Waals surface area contributed by atoms with E-state index in [-0.39, 0.29) is 0 Å². The van der Waals surface area contributed by atoms with E-state index in [4.69, 9.17) is 0 Å². The van der Waals surface area contributed by atoms with E-state index in [1.165, 1.54) is 51.6 Å². The summed E-state index contributed by atoms with van der Waals surface area (Å²) in [6.45, 7) is 9.63. The van der Waals surface area contributed by atoms with Crippen LogP contribution in [0.25, 0.3) is 0 Å². The Hall–Kier alpha value is -0.0800. The highest BCUT2D eigenvalue weighted by Crippen LogP contribution is 2.33. The van der Waals surface area contributed by atoms with Crippen molar-refractivity contribution in [2.24, 2.45) is 5.92 Å². The molecular formula is C15H30N2. The summed E-state index contributed by atoms with van der Waals surface area (Å²) in [4.78, 5) is 2.80. The van der Waals surface area contributed by atoms with Crippen LogP contribution in [-0.2, 0) is 0 Å². The predicted molar refractivity (Wildman–Crippen MR) is 74.3 cm³/mol. The van der Waals surface area contributed by atoms with Crippen molar-refractivity contribution in [2.45, 2.75) is 77.4 Å². The van der Waals surface area contributed by atoms with E-state index in [1.807, 2.05) is 0 Å². The van der Waals surface area contributed by atoms with Crippen molar-refractivity contribution >= 4 is 0 Å². The molecule has 0 aromatic carbocycles. The second kappa shape index (κ2) is 6.19. The zero-order chi connectivity index (χ0) is 12.3. The lowest BCUT2D eigenvalue weighted by Crippen LogP contribution is -2.48. The summed E-state index contributed by atoms with van der Waals surface area (Å²) in [6.07, 6.45) is 8.47. The molecule has 0 amide bonds. The topological polar surface area (TPSA) is 15.3 Å². The van der Waals surface area contributed by atoms with E-state index in [0.29, 0.717) is 6.04 Å². The third-order valence-electron chi connectivity index (χ3n) is 4.83. The molecule has 1 heterocycles. The van der Waals surface area contributed by atoms with Gasteiger partial charge in [-0.3, -0.25) is 4.90 Å². The smallest absolute Gasteiger partial charge is 0.0195 e. The first-order valence-corrected chi connectivity index (χ1v) is 7.71. The molecular weight excluding hydrogens is 208 g/mol. The van der Waals surface area contributed by atoms with E-state index in [1.54, 1.807) is 0 Å². The average molecular weight is 238 g/mol. The van der Waals surface area contributed by atoms with Crippen LogP contribution in [-0.4, -0.2) is 36.1 Å². The van der Waals surface area contributed by atoms with Gasteiger partial charge in [0.2, 0.25) is 0 Å². The van der Waals surface area contributed by atoms with Gasteiger partial charge >= 0.3 is 0 Å². The highest BCUT2D eigenvalue weighted by atomic mass is 15.2. The molecule has 1 N–H and O–H groups in total. The monoisotopic (exact) mass is 238 g/mol. The van der Waals surface area contributed by atoms with E-state index < -0.39 is 0 Å². The molecule has 1 saturated heterocycles. The minimum absolute atomic E-state index is 0.703. The Labute approximate surface area is 107 Å². The van der Waals surface area contributed by atoms with Crippen LogP contribution in [0.4, 0.5) is 0 Å². The molecule has 2 nitrogen and oxygen atoms in total. The normalized spacial score (nSPS) is 34.1. The third kappa shape index (κ3) is 3.23. The van der Waals surface area contributed by atoms with Gasteiger partial charge in [0.15, 0.2) is 0 Å². The predicted octanol–water partition coefficient (Wildman–Crippen LogP) is 3.03. The number of nitrogens with zero attached hydrogens (tertiary/aromatic N) is 1. The van der Waals surface area contributed by atoms with E-state index in [0.717, 1.165) is 18.0 Å². The van der Waals surface area contributed by atoms with Crippen LogP contribution in [0.2, 0.25) is 0 Å². The zero-order valence-electron chi connectivity index (χ0n) is 11.9. The molecule has 100 valence electrons. The first-order valence-electron chi connectivity index (χ1n) is 7.71. The zero-order valence-corrected chi connectivity index (χ0v) is 11.9. The van der Waals surface area contributed by atoms with Gasteiger partial charge in [0.25, 0.3) is 0 Å². The maximum absolute atomic E-state index is 3.66. The summed E-state index contributed by atoms with van der Waals surface area (Å²) in [6, 6.07) is 2.33. The van der Waals surface area contributed by atoms with Crippen molar-refractivity contribution < 1.29 is 0 Å². The van der Waals surface area contributed by atoms with Gasteiger partial charge in [-0.05, 0) is 52.0 Å². The Morgan fingerprint density at radius 3 is 2.59 bits per heavy atom. The van der Waals surface area contributed by atoms with Crippen molar-refractivity contribution in [3.63, 3.8) is 0 Å². The highest BCUT2D eigenvalue weighted by molar-refractivity contribution is 4.89. The van der Waals surface area contributed by atoms with Crippen LogP contribution < -0.4 is 5.32 Å². The number of rotatable bonds is 5. The molecule has 1 aliphatic heterocycles. The molecule has 2 rings (SSSR count). The fraction of sp³-hybridized carbons (Fsp3) is 1.00. The second-order valence-corrected chi connectivity index (χ2v) is 6.25. The SMILES string of the molecule is CCC1CCCC1N(CC1CCCN1)C(C)C. The van der Waals surface area contributed by atoms with Gasteiger partial charge in [0.1, 0.15) is 0 Å². The second-order valence-electron chi connectivity index (χ2n) is 6.25. The fourth-order valence-corrected chi connectivity index (χ4v) is 3.83. The van der Waals surface area contributed by atoms with Crippen molar-refractivity contribution in [3.05, 3.63) is 0 Å². The van der Waals surface area contributed by atoms with Crippen LogP contribution in [0.5, 0.6) is 0 Å². The van der Waals surface area contributed by atoms with E-state index >= 15 is 0 Å². The molecule has 2 fully saturated rings. The molecule has 0 bridgehead atoms. The minimum Gasteiger partial charge on any atom is -0.313 e. The van der Waals surface area contributed by atoms with Crippen LogP contribution in [0, 0.1) is 5.92 Å². The van der Waals surface area contributed by atoms with Gasteiger partial charge in [0, 0.05) is 24.7 Å². The molecule has 0 aromatic heterocycles. The van der Waals surface area contributed by atoms with Crippen LogP contribution >= 0.6 is 0 Å². The molecule has 3 unspecified atom stereocenters. The standard InChI is InChI=1S/C15H30N2/c1-4-13-7-5-9-15(13)17(12(2)3)11-14-8-6-10-16-14/h12-16H,4-11H2,1-3H3. The molecule has 2 aliphatic rings. The van der Waals surface area contributed by atoms with Gasteiger partial charge in [-0.2, -0.15) is 0 Å². The summed E-state index contributed by atoms with van der Waals surface area (Å²) >= 11 is 0. The largest absolute Gasteiger partial charge is 0.313 e. The lowest BCUT2D eigenvalue weighted by molar-refractivity contribution is 0.110. The average Bonchev–Trinajstić information content (AvgIpc) is 2.96. The minimum atomic E-state index is 0.703. The van der Waals surface area contributed by atoms with Gasteiger partial charge < -0.3 is 5.32 Å². The highest BCUT2D eigenvalue weighted by Gasteiger charge is 2.33. The molecule has 17 heavy (non-hydrogen) atoms. The van der Waals surface area contributed by atoms with Crippen molar-refractivity contribution in [1.29, 1.82) is 0 Å². The van der Waals surface area contributed by atoms with Crippen molar-refractivity contribution in [1.82, 2.24) is 10.2 Å². The molecule has 0 spiro atoms. The molecule has 0 radical (unpaired) electrons. The van der Waals surface area contributed by atoms with E-state index in [9.17, 15) is 0 Å². The number of hydrogen-bond acceptors (Lipinski definition) is 2. The third-order valence-corrected chi connectivity index (χ3v) is 4.83.